The van der Waals surface area contributed by atoms with Crippen LogP contribution < -0.4 is 14.4 Å². The lowest BCUT2D eigenvalue weighted by Crippen LogP contribution is -2.43. The van der Waals surface area contributed by atoms with Crippen LogP contribution in [0, 0.1) is 0 Å². The third-order valence-electron chi connectivity index (χ3n) is 5.86. The minimum absolute atomic E-state index is 0. The average molecular weight is 556 g/mol. The summed E-state index contributed by atoms with van der Waals surface area (Å²) in [6.45, 7) is 4.13. The molecule has 0 saturated carbocycles. The van der Waals surface area contributed by atoms with E-state index in [1.807, 2.05) is 6.07 Å². The van der Waals surface area contributed by atoms with Crippen molar-refractivity contribution in [2.75, 3.05) is 64.8 Å². The fourth-order valence-corrected chi connectivity index (χ4v) is 5.66. The second kappa shape index (κ2) is 12.2. The molecule has 1 aliphatic rings. The lowest BCUT2D eigenvalue weighted by molar-refractivity contribution is -0.118. The molecule has 1 amide bonds. The van der Waals surface area contributed by atoms with Gasteiger partial charge in [0, 0.05) is 32.4 Å². The van der Waals surface area contributed by atoms with Crippen LogP contribution in [0.1, 0.15) is 5.56 Å². The molecule has 0 aliphatic carbocycles. The summed E-state index contributed by atoms with van der Waals surface area (Å²) in [5.41, 5.74) is 1.46. The van der Waals surface area contributed by atoms with Crippen molar-refractivity contribution in [2.45, 2.75) is 11.3 Å². The summed E-state index contributed by atoms with van der Waals surface area (Å²) in [5.74, 6) is 1.06. The average Bonchev–Trinajstić information content (AvgIpc) is 3.27. The Balaban J connectivity index is 0.00000361. The van der Waals surface area contributed by atoms with E-state index in [0.29, 0.717) is 48.5 Å². The first-order chi connectivity index (χ1) is 16.8. The van der Waals surface area contributed by atoms with E-state index in [2.05, 4.69) is 9.88 Å². The van der Waals surface area contributed by atoms with Gasteiger partial charge in [0.25, 0.3) is 0 Å². The van der Waals surface area contributed by atoms with Crippen molar-refractivity contribution in [1.82, 2.24) is 9.88 Å². The molecule has 1 aliphatic heterocycles. The number of halogens is 1. The number of anilines is 1. The van der Waals surface area contributed by atoms with Crippen LogP contribution in [-0.4, -0.2) is 84.1 Å². The number of aromatic nitrogens is 1. The molecule has 2 heterocycles. The third-order valence-corrected chi connectivity index (χ3v) is 8.01. The highest BCUT2D eigenvalue weighted by Crippen LogP contribution is 2.32. The molecule has 9 nitrogen and oxygen atoms in total. The van der Waals surface area contributed by atoms with E-state index in [1.54, 1.807) is 49.5 Å². The van der Waals surface area contributed by atoms with Crippen LogP contribution in [0.15, 0.2) is 41.3 Å². The van der Waals surface area contributed by atoms with Gasteiger partial charge in [0.05, 0.1) is 49.0 Å². The van der Waals surface area contributed by atoms with Crippen molar-refractivity contribution < 1.29 is 27.4 Å². The van der Waals surface area contributed by atoms with Crippen molar-refractivity contribution in [3.05, 3.63) is 42.0 Å². The Hall–Kier alpha value is -2.44. The van der Waals surface area contributed by atoms with Gasteiger partial charge in [0.1, 0.15) is 0 Å². The van der Waals surface area contributed by atoms with E-state index in [0.717, 1.165) is 23.4 Å². The zero-order valence-electron chi connectivity index (χ0n) is 20.4. The minimum atomic E-state index is -3.34. The van der Waals surface area contributed by atoms with Gasteiger partial charge < -0.3 is 14.2 Å². The van der Waals surface area contributed by atoms with Gasteiger partial charge in [-0.25, -0.2) is 13.4 Å². The highest BCUT2D eigenvalue weighted by molar-refractivity contribution is 7.90. The smallest absolute Gasteiger partial charge is 0.233 e. The zero-order valence-corrected chi connectivity index (χ0v) is 22.9. The Labute approximate surface area is 221 Å². The molecule has 1 fully saturated rings. The van der Waals surface area contributed by atoms with Crippen LogP contribution in [-0.2, 0) is 25.8 Å². The molecule has 1 saturated heterocycles. The Bertz CT molecular complexity index is 1310. The molecule has 3 aromatic rings. The molecule has 0 unspecified atom stereocenters. The van der Waals surface area contributed by atoms with Crippen molar-refractivity contribution >= 4 is 54.8 Å². The van der Waals surface area contributed by atoms with Crippen molar-refractivity contribution in [3.8, 4) is 11.5 Å². The predicted octanol–water partition coefficient (Wildman–Crippen LogP) is 3.05. The molecule has 196 valence electrons. The molecule has 12 heteroatoms. The van der Waals surface area contributed by atoms with Gasteiger partial charge in [0.15, 0.2) is 26.5 Å². The fourth-order valence-electron chi connectivity index (χ4n) is 3.89. The van der Waals surface area contributed by atoms with Gasteiger partial charge >= 0.3 is 0 Å². The van der Waals surface area contributed by atoms with Gasteiger partial charge in [-0.05, 0) is 35.9 Å². The third kappa shape index (κ3) is 6.65. The number of hydrogen-bond acceptors (Lipinski definition) is 9. The van der Waals surface area contributed by atoms with E-state index in [9.17, 15) is 13.2 Å². The van der Waals surface area contributed by atoms with Gasteiger partial charge in [0.2, 0.25) is 5.91 Å². The maximum atomic E-state index is 13.5. The first-order valence-electron chi connectivity index (χ1n) is 11.2. The number of methoxy groups -OCH3 is 2. The van der Waals surface area contributed by atoms with E-state index in [-0.39, 0.29) is 29.6 Å². The first kappa shape index (κ1) is 28.1. The number of benzene rings is 2. The Morgan fingerprint density at radius 2 is 1.83 bits per heavy atom. The summed E-state index contributed by atoms with van der Waals surface area (Å²) in [5, 5.41) is 0.546. The number of carbonyl (C=O) groups is 1. The largest absolute Gasteiger partial charge is 0.493 e. The highest BCUT2D eigenvalue weighted by Gasteiger charge is 2.23. The summed E-state index contributed by atoms with van der Waals surface area (Å²) < 4.78 is 40.8. The normalized spacial score (nSPS) is 14.3. The molecule has 2 aromatic carbocycles. The monoisotopic (exact) mass is 555 g/mol. The van der Waals surface area contributed by atoms with Crippen LogP contribution in [0.4, 0.5) is 5.13 Å². The maximum absolute atomic E-state index is 13.5. The number of ether oxygens (including phenoxy) is 3. The molecule has 1 aromatic heterocycles. The number of fused-ring (bicyclic) bond motifs is 1. The van der Waals surface area contributed by atoms with Crippen LogP contribution in [0.3, 0.4) is 0 Å². The number of nitrogens with zero attached hydrogens (tertiary/aromatic N) is 3. The Morgan fingerprint density at radius 1 is 1.11 bits per heavy atom. The van der Waals surface area contributed by atoms with Crippen molar-refractivity contribution in [1.29, 1.82) is 0 Å². The minimum Gasteiger partial charge on any atom is -0.493 e. The van der Waals surface area contributed by atoms with Crippen LogP contribution in [0.5, 0.6) is 11.5 Å². The number of sulfone groups is 1. The highest BCUT2D eigenvalue weighted by atomic mass is 35.5. The van der Waals surface area contributed by atoms with E-state index in [1.165, 1.54) is 17.6 Å². The number of rotatable bonds is 9. The number of thiazole rings is 1. The van der Waals surface area contributed by atoms with Gasteiger partial charge in [-0.15, -0.1) is 12.4 Å². The number of morpholine rings is 1. The van der Waals surface area contributed by atoms with Crippen LogP contribution >= 0.6 is 23.7 Å². The second-order valence-electron chi connectivity index (χ2n) is 8.26. The van der Waals surface area contributed by atoms with Gasteiger partial charge in [-0.2, -0.15) is 0 Å². The second-order valence-corrected chi connectivity index (χ2v) is 11.3. The van der Waals surface area contributed by atoms with Gasteiger partial charge in [-0.3, -0.25) is 14.6 Å². The van der Waals surface area contributed by atoms with Gasteiger partial charge in [-0.1, -0.05) is 17.4 Å². The van der Waals surface area contributed by atoms with Crippen LogP contribution in [0.25, 0.3) is 10.2 Å². The van der Waals surface area contributed by atoms with E-state index >= 15 is 0 Å². The topological polar surface area (TPSA) is 98.3 Å². The summed E-state index contributed by atoms with van der Waals surface area (Å²) in [7, 11) is -0.214. The summed E-state index contributed by atoms with van der Waals surface area (Å²) in [4.78, 5) is 22.4. The summed E-state index contributed by atoms with van der Waals surface area (Å²) >= 11 is 1.32. The Morgan fingerprint density at radius 3 is 2.50 bits per heavy atom. The van der Waals surface area contributed by atoms with Crippen molar-refractivity contribution in [3.63, 3.8) is 0 Å². The molecular formula is C24H30ClN3O6S2. The Kier molecular flexibility index (Phi) is 9.53. The lowest BCUT2D eigenvalue weighted by Gasteiger charge is -2.29. The van der Waals surface area contributed by atoms with E-state index < -0.39 is 9.84 Å². The molecule has 0 bridgehead atoms. The van der Waals surface area contributed by atoms with E-state index in [4.69, 9.17) is 14.2 Å². The predicted molar refractivity (Wildman–Crippen MR) is 143 cm³/mol. The lowest BCUT2D eigenvalue weighted by atomic mass is 10.1. The number of amides is 1. The summed E-state index contributed by atoms with van der Waals surface area (Å²) in [6.07, 6.45) is 1.34. The first-order valence-corrected chi connectivity index (χ1v) is 13.9. The molecular weight excluding hydrogens is 526 g/mol. The number of hydrogen-bond donors (Lipinski definition) is 0. The SMILES string of the molecule is COc1ccc(CC(=O)N(CCN2CCOCC2)c2nc3ccc(S(C)(=O)=O)cc3s2)cc1OC.Cl. The zero-order chi connectivity index (χ0) is 25.0. The van der Waals surface area contributed by atoms with Crippen molar-refractivity contribution in [2.24, 2.45) is 0 Å². The molecule has 0 atom stereocenters. The number of carbonyl (C=O) groups excluding carboxylic acids is 1. The quantitative estimate of drug-likeness (QED) is 0.397. The molecule has 0 spiro atoms. The molecule has 36 heavy (non-hydrogen) atoms. The molecule has 0 radical (unpaired) electrons. The molecule has 0 N–H and O–H groups in total. The fraction of sp³-hybridized carbons (Fsp3) is 0.417. The maximum Gasteiger partial charge on any atom is 0.233 e. The standard InChI is InChI=1S/C24H29N3O6S2.ClH/c1-31-20-7-4-17(14-21(20)32-2)15-23(28)27(9-8-26-10-12-33-13-11-26)24-25-19-6-5-18(35(3,29)30)16-22(19)34-24;/h4-7,14,16H,8-13,15H2,1-3H3;1H. The summed E-state index contributed by atoms with van der Waals surface area (Å²) in [6, 6.07) is 10.3. The molecule has 4 rings (SSSR count). The van der Waals surface area contributed by atoms with Crippen LogP contribution in [0.2, 0.25) is 0 Å².